The van der Waals surface area contributed by atoms with Crippen LogP contribution >= 0.6 is 11.6 Å². The average molecular weight is 531 g/mol. The number of phenols is 1. The van der Waals surface area contributed by atoms with Gasteiger partial charge in [-0.3, -0.25) is 9.48 Å². The van der Waals surface area contributed by atoms with E-state index < -0.39 is 5.91 Å². The first-order valence-electron chi connectivity index (χ1n) is 12.2. The van der Waals surface area contributed by atoms with Gasteiger partial charge in [0.1, 0.15) is 17.2 Å². The number of aromatic hydroxyl groups is 1. The van der Waals surface area contributed by atoms with Crippen LogP contribution in [0.15, 0.2) is 77.9 Å². The highest BCUT2D eigenvalue weighted by Gasteiger charge is 2.18. The second-order valence-corrected chi connectivity index (χ2v) is 10.5. The van der Waals surface area contributed by atoms with Gasteiger partial charge in [-0.1, -0.05) is 56.6 Å². The Morgan fingerprint density at radius 1 is 1.05 bits per heavy atom. The van der Waals surface area contributed by atoms with Gasteiger partial charge in [-0.25, -0.2) is 5.43 Å². The lowest BCUT2D eigenvalue weighted by Gasteiger charge is -2.19. The molecule has 7 nitrogen and oxygen atoms in total. The Balaban J connectivity index is 1.65. The van der Waals surface area contributed by atoms with Gasteiger partial charge in [-0.15, -0.1) is 0 Å². The molecular weight excluding hydrogens is 500 g/mol. The van der Waals surface area contributed by atoms with Gasteiger partial charge in [0.25, 0.3) is 5.91 Å². The number of phenolic OH excluding ortho intramolecular Hbond substituents is 1. The van der Waals surface area contributed by atoms with Crippen LogP contribution in [0.4, 0.5) is 0 Å². The Morgan fingerprint density at radius 2 is 1.74 bits per heavy atom. The molecule has 0 radical (unpaired) electrons. The van der Waals surface area contributed by atoms with E-state index in [1.54, 1.807) is 36.9 Å². The van der Waals surface area contributed by atoms with Crippen LogP contribution in [0, 0.1) is 0 Å². The molecule has 8 heteroatoms. The smallest absolute Gasteiger partial charge is 0.289 e. The summed E-state index contributed by atoms with van der Waals surface area (Å²) in [6.45, 7) is 8.60. The minimum absolute atomic E-state index is 0.0236. The van der Waals surface area contributed by atoms with Crippen molar-refractivity contribution in [3.05, 3.63) is 100 Å². The Bertz CT molecular complexity index is 1470. The van der Waals surface area contributed by atoms with Gasteiger partial charge in [0, 0.05) is 16.1 Å². The van der Waals surface area contributed by atoms with Gasteiger partial charge in [-0.05, 0) is 72.0 Å². The molecular formula is C30H31ClN4O3. The van der Waals surface area contributed by atoms with Crippen molar-refractivity contribution in [1.82, 2.24) is 15.2 Å². The third kappa shape index (κ3) is 6.23. The van der Waals surface area contributed by atoms with Gasteiger partial charge in [0.15, 0.2) is 0 Å². The Hall–Kier alpha value is -4.10. The molecule has 0 saturated carbocycles. The number of rotatable bonds is 7. The standard InChI is InChI=1S/C30H31ClN4O3/c1-19(25-16-23(31)12-15-28(25)36)32-33-29(37)27-17-26(21-8-13-24(38-5)14-9-21)34-35(27)18-20-6-10-22(11-7-20)30(2,3)4/h6-17,36H,18H2,1-5H3,(H,33,37)/b32-19+. The summed E-state index contributed by atoms with van der Waals surface area (Å²) in [4.78, 5) is 13.3. The summed E-state index contributed by atoms with van der Waals surface area (Å²) in [6.07, 6.45) is 0. The molecule has 0 spiro atoms. The summed E-state index contributed by atoms with van der Waals surface area (Å²) >= 11 is 6.06. The predicted octanol–water partition coefficient (Wildman–Crippen LogP) is 6.42. The third-order valence-corrected chi connectivity index (χ3v) is 6.46. The van der Waals surface area contributed by atoms with Crippen LogP contribution in [0.25, 0.3) is 11.3 Å². The zero-order valence-electron chi connectivity index (χ0n) is 22.1. The Kier molecular flexibility index (Phi) is 7.88. The SMILES string of the molecule is COc1ccc(-c2cc(C(=O)N/N=C(\C)c3cc(Cl)ccc3O)n(Cc3ccc(C(C)(C)C)cc3)n2)cc1. The number of halogens is 1. The van der Waals surface area contributed by atoms with Crippen molar-refractivity contribution in [2.75, 3.05) is 7.11 Å². The quantitative estimate of drug-likeness (QED) is 0.213. The van der Waals surface area contributed by atoms with Crippen LogP contribution in [0.5, 0.6) is 11.5 Å². The zero-order chi connectivity index (χ0) is 27.4. The molecule has 0 aliphatic rings. The maximum Gasteiger partial charge on any atom is 0.289 e. The number of carbonyl (C=O) groups is 1. The molecule has 0 saturated heterocycles. The lowest BCUT2D eigenvalue weighted by molar-refractivity contribution is 0.0944. The fourth-order valence-corrected chi connectivity index (χ4v) is 4.13. The number of nitrogens with one attached hydrogen (secondary N) is 1. The molecule has 1 aromatic heterocycles. The van der Waals surface area contributed by atoms with Gasteiger partial charge >= 0.3 is 0 Å². The van der Waals surface area contributed by atoms with E-state index in [9.17, 15) is 9.90 Å². The molecule has 196 valence electrons. The maximum atomic E-state index is 13.3. The average Bonchev–Trinajstić information content (AvgIpc) is 3.32. The molecule has 0 atom stereocenters. The zero-order valence-corrected chi connectivity index (χ0v) is 22.9. The number of ether oxygens (including phenoxy) is 1. The van der Waals surface area contributed by atoms with Crippen molar-refractivity contribution in [2.24, 2.45) is 5.10 Å². The summed E-state index contributed by atoms with van der Waals surface area (Å²) in [5, 5.41) is 19.6. The van der Waals surface area contributed by atoms with E-state index in [1.165, 1.54) is 11.6 Å². The highest BCUT2D eigenvalue weighted by Crippen LogP contribution is 2.25. The minimum Gasteiger partial charge on any atom is -0.507 e. The van der Waals surface area contributed by atoms with Crippen molar-refractivity contribution < 1.29 is 14.6 Å². The van der Waals surface area contributed by atoms with Crippen LogP contribution in [0.2, 0.25) is 5.02 Å². The number of methoxy groups -OCH3 is 1. The van der Waals surface area contributed by atoms with Crippen LogP contribution in [-0.2, 0) is 12.0 Å². The number of carbonyl (C=O) groups excluding carboxylic acids is 1. The Morgan fingerprint density at radius 3 is 2.37 bits per heavy atom. The van der Waals surface area contributed by atoms with E-state index in [1.807, 2.05) is 24.3 Å². The monoisotopic (exact) mass is 530 g/mol. The molecule has 4 aromatic rings. The molecule has 1 heterocycles. The molecule has 3 aromatic carbocycles. The number of hydrazone groups is 1. The summed E-state index contributed by atoms with van der Waals surface area (Å²) < 4.78 is 6.93. The molecule has 0 aliphatic carbocycles. The van der Waals surface area contributed by atoms with E-state index in [-0.39, 0.29) is 11.2 Å². The van der Waals surface area contributed by atoms with Crippen LogP contribution in [0.1, 0.15) is 54.9 Å². The molecule has 1 amide bonds. The number of aromatic nitrogens is 2. The third-order valence-electron chi connectivity index (χ3n) is 6.22. The van der Waals surface area contributed by atoms with Gasteiger partial charge in [0.2, 0.25) is 0 Å². The van der Waals surface area contributed by atoms with Gasteiger partial charge in [-0.2, -0.15) is 10.2 Å². The van der Waals surface area contributed by atoms with Gasteiger partial charge in [0.05, 0.1) is 25.1 Å². The first-order chi connectivity index (χ1) is 18.0. The van der Waals surface area contributed by atoms with Crippen LogP contribution in [-0.4, -0.2) is 33.6 Å². The van der Waals surface area contributed by atoms with Crippen molar-refractivity contribution >= 4 is 23.2 Å². The summed E-state index contributed by atoms with van der Waals surface area (Å²) in [6, 6.07) is 22.2. The molecule has 0 unspecified atom stereocenters. The topological polar surface area (TPSA) is 88.7 Å². The summed E-state index contributed by atoms with van der Waals surface area (Å²) in [5.41, 5.74) is 7.59. The molecule has 0 bridgehead atoms. The largest absolute Gasteiger partial charge is 0.507 e. The van der Waals surface area contributed by atoms with Crippen molar-refractivity contribution in [1.29, 1.82) is 0 Å². The van der Waals surface area contributed by atoms with E-state index in [4.69, 9.17) is 21.4 Å². The van der Waals surface area contributed by atoms with E-state index in [2.05, 4.69) is 55.6 Å². The molecule has 0 fully saturated rings. The van der Waals surface area contributed by atoms with Gasteiger partial charge < -0.3 is 9.84 Å². The second kappa shape index (κ2) is 11.1. The molecule has 38 heavy (non-hydrogen) atoms. The molecule has 0 aliphatic heterocycles. The highest BCUT2D eigenvalue weighted by molar-refractivity contribution is 6.31. The number of hydrogen-bond acceptors (Lipinski definition) is 5. The molecule has 2 N–H and O–H groups in total. The number of benzene rings is 3. The lowest BCUT2D eigenvalue weighted by Crippen LogP contribution is -2.23. The normalized spacial score (nSPS) is 11.9. The van der Waals surface area contributed by atoms with E-state index in [0.717, 1.165) is 16.9 Å². The van der Waals surface area contributed by atoms with Crippen molar-refractivity contribution in [3.8, 4) is 22.8 Å². The van der Waals surface area contributed by atoms with Crippen LogP contribution in [0.3, 0.4) is 0 Å². The fraction of sp³-hybridized carbons (Fsp3) is 0.233. The van der Waals surface area contributed by atoms with Crippen LogP contribution < -0.4 is 10.2 Å². The van der Waals surface area contributed by atoms with E-state index in [0.29, 0.717) is 34.2 Å². The number of nitrogens with zero attached hydrogens (tertiary/aromatic N) is 3. The predicted molar refractivity (Wildman–Crippen MR) is 151 cm³/mol. The molecule has 4 rings (SSSR count). The first kappa shape index (κ1) is 26.9. The second-order valence-electron chi connectivity index (χ2n) is 10.0. The van der Waals surface area contributed by atoms with Crippen molar-refractivity contribution in [3.63, 3.8) is 0 Å². The summed E-state index contributed by atoms with van der Waals surface area (Å²) in [5.74, 6) is 0.332. The number of amides is 1. The number of hydrogen-bond donors (Lipinski definition) is 2. The Labute approximate surface area is 227 Å². The maximum absolute atomic E-state index is 13.3. The van der Waals surface area contributed by atoms with E-state index >= 15 is 0 Å². The minimum atomic E-state index is -0.426. The van der Waals surface area contributed by atoms with Crippen molar-refractivity contribution in [2.45, 2.75) is 39.7 Å². The lowest BCUT2D eigenvalue weighted by atomic mass is 9.87. The highest BCUT2D eigenvalue weighted by atomic mass is 35.5. The fourth-order valence-electron chi connectivity index (χ4n) is 3.96. The summed E-state index contributed by atoms with van der Waals surface area (Å²) in [7, 11) is 1.61. The first-order valence-corrected chi connectivity index (χ1v) is 12.6.